The van der Waals surface area contributed by atoms with E-state index in [9.17, 15) is 14.4 Å². The molecule has 1 atom stereocenters. The summed E-state index contributed by atoms with van der Waals surface area (Å²) in [6, 6.07) is 0. The maximum Gasteiger partial charge on any atom is 0.306 e. The van der Waals surface area contributed by atoms with E-state index in [4.69, 9.17) is 14.2 Å². The lowest BCUT2D eigenvalue weighted by atomic mass is 10.0. The lowest BCUT2D eigenvalue weighted by molar-refractivity contribution is -0.167. The third-order valence-electron chi connectivity index (χ3n) is 15.8. The average Bonchev–Trinajstić information content (AvgIpc) is 3.46. The van der Waals surface area contributed by atoms with Gasteiger partial charge in [-0.05, 0) is 64.2 Å². The van der Waals surface area contributed by atoms with E-state index in [1.165, 1.54) is 225 Å². The number of allylic oxidation sites excluding steroid dienone is 10. The van der Waals surface area contributed by atoms with Gasteiger partial charge in [-0.1, -0.05) is 351 Å². The van der Waals surface area contributed by atoms with E-state index < -0.39 is 6.10 Å². The highest BCUT2D eigenvalue weighted by Crippen LogP contribution is 2.19. The zero-order valence-electron chi connectivity index (χ0n) is 53.6. The van der Waals surface area contributed by atoms with Crippen LogP contribution in [0.1, 0.15) is 374 Å². The molecule has 0 aromatic carbocycles. The van der Waals surface area contributed by atoms with Gasteiger partial charge in [0, 0.05) is 19.3 Å². The Bertz CT molecular complexity index is 1430. The molecule has 6 heteroatoms. The fraction of sp³-hybridized carbons (Fsp3) is 0.824. The Morgan fingerprint density at radius 3 is 0.762 bits per heavy atom. The predicted octanol–water partition coefficient (Wildman–Crippen LogP) is 24.3. The van der Waals surface area contributed by atoms with Crippen LogP contribution in [0.5, 0.6) is 0 Å². The smallest absolute Gasteiger partial charge is 0.306 e. The van der Waals surface area contributed by atoms with Gasteiger partial charge in [-0.2, -0.15) is 0 Å². The van der Waals surface area contributed by atoms with Crippen LogP contribution in [0.2, 0.25) is 0 Å². The van der Waals surface area contributed by atoms with Crippen molar-refractivity contribution in [2.45, 2.75) is 380 Å². The third kappa shape index (κ3) is 65.9. The second-order valence-corrected chi connectivity index (χ2v) is 23.8. The lowest BCUT2D eigenvalue weighted by Crippen LogP contribution is -2.30. The number of rotatable bonds is 65. The maximum absolute atomic E-state index is 12.9. The average molecular weight is 1120 g/mol. The Kier molecular flexibility index (Phi) is 66.1. The summed E-state index contributed by atoms with van der Waals surface area (Å²) in [5, 5.41) is 0. The lowest BCUT2D eigenvalue weighted by Gasteiger charge is -2.18. The van der Waals surface area contributed by atoms with Crippen LogP contribution >= 0.6 is 0 Å². The van der Waals surface area contributed by atoms with E-state index in [1.54, 1.807) is 0 Å². The van der Waals surface area contributed by atoms with Gasteiger partial charge in [-0.25, -0.2) is 0 Å². The number of unbranched alkanes of at least 4 members (excludes halogenated alkanes) is 44. The van der Waals surface area contributed by atoms with Gasteiger partial charge in [0.15, 0.2) is 6.10 Å². The van der Waals surface area contributed by atoms with Crippen LogP contribution in [-0.2, 0) is 28.6 Å². The number of hydrogen-bond acceptors (Lipinski definition) is 6. The molecule has 6 nitrogen and oxygen atoms in total. The molecule has 80 heavy (non-hydrogen) atoms. The van der Waals surface area contributed by atoms with Crippen molar-refractivity contribution in [3.8, 4) is 0 Å². The molecule has 0 aliphatic carbocycles. The SMILES string of the molecule is CC/C=C\C/C=C\C/C=C\C/C=C\C/C=C\CCCCCCCC(=O)OC(COC(=O)CCCCCCCCCCCC)COC(=O)CCCCCCCCCCCCCCCCCCCCCCCCCCCCCCCCC. The summed E-state index contributed by atoms with van der Waals surface area (Å²) in [4.78, 5) is 38.3. The largest absolute Gasteiger partial charge is 0.462 e. The molecule has 0 aromatic heterocycles. The van der Waals surface area contributed by atoms with Crippen molar-refractivity contribution in [1.29, 1.82) is 0 Å². The van der Waals surface area contributed by atoms with Crippen molar-refractivity contribution >= 4 is 17.9 Å². The first-order chi connectivity index (χ1) is 39.5. The quantitative estimate of drug-likeness (QED) is 0.0261. The van der Waals surface area contributed by atoms with Gasteiger partial charge < -0.3 is 14.2 Å². The minimum atomic E-state index is -0.783. The summed E-state index contributed by atoms with van der Waals surface area (Å²) in [6.07, 6.45) is 88.4. The van der Waals surface area contributed by atoms with Crippen LogP contribution < -0.4 is 0 Å². The first-order valence-electron chi connectivity index (χ1n) is 35.3. The monoisotopic (exact) mass is 1120 g/mol. The van der Waals surface area contributed by atoms with Gasteiger partial charge in [-0.3, -0.25) is 14.4 Å². The molecule has 0 heterocycles. The molecule has 0 spiro atoms. The van der Waals surface area contributed by atoms with Gasteiger partial charge in [0.2, 0.25) is 0 Å². The Hall–Kier alpha value is -2.89. The van der Waals surface area contributed by atoms with Gasteiger partial charge >= 0.3 is 17.9 Å². The zero-order chi connectivity index (χ0) is 57.8. The highest BCUT2D eigenvalue weighted by atomic mass is 16.6. The first kappa shape index (κ1) is 77.1. The van der Waals surface area contributed by atoms with E-state index in [-0.39, 0.29) is 31.1 Å². The topological polar surface area (TPSA) is 78.9 Å². The van der Waals surface area contributed by atoms with Crippen LogP contribution in [0.4, 0.5) is 0 Å². The highest BCUT2D eigenvalue weighted by molar-refractivity contribution is 5.71. The number of carbonyl (C=O) groups excluding carboxylic acids is 3. The Labute approximate surface area is 498 Å². The second-order valence-electron chi connectivity index (χ2n) is 23.8. The molecule has 0 rings (SSSR count). The van der Waals surface area contributed by atoms with Crippen molar-refractivity contribution in [2.24, 2.45) is 0 Å². The predicted molar refractivity (Wildman–Crippen MR) is 348 cm³/mol. The number of ether oxygens (including phenoxy) is 3. The Morgan fingerprint density at radius 2 is 0.487 bits per heavy atom. The molecule has 0 radical (unpaired) electrons. The van der Waals surface area contributed by atoms with Crippen molar-refractivity contribution in [1.82, 2.24) is 0 Å². The summed E-state index contributed by atoms with van der Waals surface area (Å²) in [5.41, 5.74) is 0. The standard InChI is InChI=1S/C74H134O6/c1-4-7-10-13-16-19-22-24-26-28-30-32-33-34-35-36-37-38-39-40-41-43-44-46-48-50-52-55-58-61-64-67-73(76)79-70-71(69-78-72(75)66-63-60-57-54-21-18-15-12-9-6-3)80-74(77)68-65-62-59-56-53-51-49-47-45-42-31-29-27-25-23-20-17-14-11-8-5-2/h8,11,17,20,25,27,31,42,47,49,71H,4-7,9-10,12-16,18-19,21-24,26,28-30,32-41,43-46,48,50-70H2,1-3H3/b11-8-,20-17-,27-25-,42-31-,49-47-. The minimum Gasteiger partial charge on any atom is -0.462 e. The van der Waals surface area contributed by atoms with E-state index in [0.29, 0.717) is 19.3 Å². The maximum atomic E-state index is 12.9. The number of carbonyl (C=O) groups is 3. The zero-order valence-corrected chi connectivity index (χ0v) is 53.6. The van der Waals surface area contributed by atoms with Crippen LogP contribution in [-0.4, -0.2) is 37.2 Å². The Balaban J connectivity index is 4.13. The van der Waals surface area contributed by atoms with Crippen LogP contribution in [0.3, 0.4) is 0 Å². The summed E-state index contributed by atoms with van der Waals surface area (Å²) in [6.45, 7) is 6.55. The highest BCUT2D eigenvalue weighted by Gasteiger charge is 2.19. The molecule has 0 fully saturated rings. The summed E-state index contributed by atoms with van der Waals surface area (Å²) >= 11 is 0. The molecule has 0 amide bonds. The van der Waals surface area contributed by atoms with E-state index >= 15 is 0 Å². The normalized spacial score (nSPS) is 12.4. The van der Waals surface area contributed by atoms with Gasteiger partial charge in [0.1, 0.15) is 13.2 Å². The molecule has 0 saturated heterocycles. The fourth-order valence-corrected chi connectivity index (χ4v) is 10.5. The van der Waals surface area contributed by atoms with Crippen molar-refractivity contribution in [3.63, 3.8) is 0 Å². The molecular weight excluding hydrogens is 985 g/mol. The fourth-order valence-electron chi connectivity index (χ4n) is 10.5. The van der Waals surface area contributed by atoms with Crippen molar-refractivity contribution in [2.75, 3.05) is 13.2 Å². The van der Waals surface area contributed by atoms with Gasteiger partial charge in [-0.15, -0.1) is 0 Å². The molecule has 466 valence electrons. The van der Waals surface area contributed by atoms with E-state index in [2.05, 4.69) is 81.5 Å². The minimum absolute atomic E-state index is 0.0779. The number of hydrogen-bond donors (Lipinski definition) is 0. The Morgan fingerprint density at radius 1 is 0.263 bits per heavy atom. The molecular formula is C74H134O6. The molecule has 1 unspecified atom stereocenters. The molecule has 0 aliphatic rings. The van der Waals surface area contributed by atoms with Crippen molar-refractivity contribution in [3.05, 3.63) is 60.8 Å². The van der Waals surface area contributed by atoms with Crippen LogP contribution in [0.15, 0.2) is 60.8 Å². The molecule has 0 saturated carbocycles. The summed E-state index contributed by atoms with van der Waals surface area (Å²) in [7, 11) is 0. The van der Waals surface area contributed by atoms with E-state index in [0.717, 1.165) is 109 Å². The van der Waals surface area contributed by atoms with Crippen LogP contribution in [0, 0.1) is 0 Å². The number of esters is 3. The summed E-state index contributed by atoms with van der Waals surface area (Å²) in [5.74, 6) is -0.877. The van der Waals surface area contributed by atoms with E-state index in [1.807, 2.05) is 0 Å². The molecule has 0 aromatic rings. The third-order valence-corrected chi connectivity index (χ3v) is 15.8. The molecule has 0 bridgehead atoms. The van der Waals surface area contributed by atoms with Gasteiger partial charge in [0.05, 0.1) is 0 Å². The first-order valence-corrected chi connectivity index (χ1v) is 35.3. The van der Waals surface area contributed by atoms with Gasteiger partial charge in [0.25, 0.3) is 0 Å². The molecule has 0 aliphatic heterocycles. The van der Waals surface area contributed by atoms with Crippen molar-refractivity contribution < 1.29 is 28.6 Å². The van der Waals surface area contributed by atoms with Crippen LogP contribution in [0.25, 0.3) is 0 Å². The second kappa shape index (κ2) is 68.6. The molecule has 0 N–H and O–H groups in total. The summed E-state index contributed by atoms with van der Waals surface area (Å²) < 4.78 is 16.9.